The van der Waals surface area contributed by atoms with Crippen molar-refractivity contribution in [3.8, 4) is 28.0 Å². The van der Waals surface area contributed by atoms with Gasteiger partial charge in [0.15, 0.2) is 0 Å². The number of pyridine rings is 1. The molecule has 0 atom stereocenters. The number of phenols is 1. The van der Waals surface area contributed by atoms with Gasteiger partial charge in [0.25, 0.3) is 0 Å². The lowest BCUT2D eigenvalue weighted by Crippen LogP contribution is -2.05. The SMILES string of the molecule is Nc1ncc(-c2cccc(O)c2)cc1-c1cccc(C(F)(F)F)c1. The van der Waals surface area contributed by atoms with E-state index in [4.69, 9.17) is 5.73 Å². The van der Waals surface area contributed by atoms with Crippen LogP contribution in [0, 0.1) is 0 Å². The van der Waals surface area contributed by atoms with Crippen LogP contribution in [0.15, 0.2) is 60.8 Å². The zero-order valence-electron chi connectivity index (χ0n) is 12.4. The van der Waals surface area contributed by atoms with Gasteiger partial charge in [-0.1, -0.05) is 24.3 Å². The summed E-state index contributed by atoms with van der Waals surface area (Å²) in [6.45, 7) is 0. The summed E-state index contributed by atoms with van der Waals surface area (Å²) >= 11 is 0. The number of anilines is 1. The summed E-state index contributed by atoms with van der Waals surface area (Å²) in [5, 5.41) is 9.57. The first-order valence-electron chi connectivity index (χ1n) is 7.07. The molecule has 24 heavy (non-hydrogen) atoms. The molecule has 0 saturated heterocycles. The molecule has 0 amide bonds. The molecule has 0 radical (unpaired) electrons. The molecule has 3 rings (SSSR count). The van der Waals surface area contributed by atoms with Crippen molar-refractivity contribution in [1.29, 1.82) is 0 Å². The van der Waals surface area contributed by atoms with Crippen LogP contribution in [0.25, 0.3) is 22.3 Å². The summed E-state index contributed by atoms with van der Waals surface area (Å²) < 4.78 is 38.7. The van der Waals surface area contributed by atoms with Gasteiger partial charge in [-0.2, -0.15) is 13.2 Å². The first-order chi connectivity index (χ1) is 11.3. The Morgan fingerprint density at radius 1 is 0.875 bits per heavy atom. The van der Waals surface area contributed by atoms with E-state index in [2.05, 4.69) is 4.98 Å². The molecule has 0 unspecified atom stereocenters. The highest BCUT2D eigenvalue weighted by Crippen LogP contribution is 2.35. The Hall–Kier alpha value is -3.02. The predicted octanol–water partition coefficient (Wildman–Crippen LogP) is 4.72. The first kappa shape index (κ1) is 15.9. The number of aromatic nitrogens is 1. The van der Waals surface area contributed by atoms with Crippen molar-refractivity contribution in [1.82, 2.24) is 4.98 Å². The van der Waals surface area contributed by atoms with Gasteiger partial charge in [-0.3, -0.25) is 0 Å². The van der Waals surface area contributed by atoms with Gasteiger partial charge in [-0.05, 0) is 41.5 Å². The van der Waals surface area contributed by atoms with Gasteiger partial charge >= 0.3 is 6.18 Å². The lowest BCUT2D eigenvalue weighted by atomic mass is 9.99. The largest absolute Gasteiger partial charge is 0.508 e. The maximum atomic E-state index is 12.9. The van der Waals surface area contributed by atoms with Crippen molar-refractivity contribution in [3.05, 3.63) is 66.4 Å². The van der Waals surface area contributed by atoms with Gasteiger partial charge in [0.05, 0.1) is 5.56 Å². The predicted molar refractivity (Wildman–Crippen MR) is 86.2 cm³/mol. The van der Waals surface area contributed by atoms with E-state index < -0.39 is 11.7 Å². The molecule has 122 valence electrons. The van der Waals surface area contributed by atoms with E-state index in [-0.39, 0.29) is 11.6 Å². The Balaban J connectivity index is 2.10. The molecule has 0 spiro atoms. The molecule has 0 fully saturated rings. The number of aromatic hydroxyl groups is 1. The molecule has 3 nitrogen and oxygen atoms in total. The van der Waals surface area contributed by atoms with Crippen LogP contribution in [0.4, 0.5) is 19.0 Å². The van der Waals surface area contributed by atoms with Crippen LogP contribution < -0.4 is 5.73 Å². The number of hydrogen-bond donors (Lipinski definition) is 2. The molecule has 0 saturated carbocycles. The molecule has 2 aromatic carbocycles. The highest BCUT2D eigenvalue weighted by atomic mass is 19.4. The average Bonchev–Trinajstić information content (AvgIpc) is 2.54. The van der Waals surface area contributed by atoms with Gasteiger partial charge in [0.1, 0.15) is 11.6 Å². The van der Waals surface area contributed by atoms with E-state index in [1.807, 2.05) is 0 Å². The second-order valence-corrected chi connectivity index (χ2v) is 5.29. The van der Waals surface area contributed by atoms with Crippen LogP contribution in [0.3, 0.4) is 0 Å². The molecule has 1 aromatic heterocycles. The summed E-state index contributed by atoms with van der Waals surface area (Å²) in [6, 6.07) is 13.1. The third kappa shape index (κ3) is 3.17. The Labute approximate surface area is 136 Å². The molecule has 0 aliphatic rings. The van der Waals surface area contributed by atoms with Crippen LogP contribution >= 0.6 is 0 Å². The monoisotopic (exact) mass is 330 g/mol. The second kappa shape index (κ2) is 5.88. The van der Waals surface area contributed by atoms with Crippen molar-refractivity contribution in [3.63, 3.8) is 0 Å². The normalized spacial score (nSPS) is 11.5. The minimum absolute atomic E-state index is 0.0879. The van der Waals surface area contributed by atoms with E-state index in [0.29, 0.717) is 22.3 Å². The van der Waals surface area contributed by atoms with Crippen molar-refractivity contribution >= 4 is 5.82 Å². The lowest BCUT2D eigenvalue weighted by molar-refractivity contribution is -0.137. The zero-order valence-corrected chi connectivity index (χ0v) is 12.4. The van der Waals surface area contributed by atoms with Crippen LogP contribution in [-0.4, -0.2) is 10.1 Å². The number of nitrogen functional groups attached to an aromatic ring is 1. The quantitative estimate of drug-likeness (QED) is 0.714. The van der Waals surface area contributed by atoms with Crippen molar-refractivity contribution in [2.45, 2.75) is 6.18 Å². The Morgan fingerprint density at radius 3 is 2.29 bits per heavy atom. The number of rotatable bonds is 2. The summed E-state index contributed by atoms with van der Waals surface area (Å²) in [5.74, 6) is 0.225. The molecule has 3 N–H and O–H groups in total. The van der Waals surface area contributed by atoms with Gasteiger partial charge in [-0.25, -0.2) is 4.98 Å². The first-order valence-corrected chi connectivity index (χ1v) is 7.07. The number of benzene rings is 2. The molecule has 0 aliphatic heterocycles. The minimum Gasteiger partial charge on any atom is -0.508 e. The fourth-order valence-corrected chi connectivity index (χ4v) is 2.41. The summed E-state index contributed by atoms with van der Waals surface area (Å²) in [4.78, 5) is 4.07. The number of nitrogens with zero attached hydrogens (tertiary/aromatic N) is 1. The minimum atomic E-state index is -4.43. The van der Waals surface area contributed by atoms with Crippen molar-refractivity contribution in [2.24, 2.45) is 0 Å². The average molecular weight is 330 g/mol. The maximum Gasteiger partial charge on any atom is 0.416 e. The molecule has 3 aromatic rings. The Morgan fingerprint density at radius 2 is 1.58 bits per heavy atom. The van der Waals surface area contributed by atoms with E-state index >= 15 is 0 Å². The van der Waals surface area contributed by atoms with Gasteiger partial charge in [-0.15, -0.1) is 0 Å². The summed E-state index contributed by atoms with van der Waals surface area (Å²) in [7, 11) is 0. The fraction of sp³-hybridized carbons (Fsp3) is 0.0556. The third-order valence-corrected chi connectivity index (χ3v) is 3.60. The smallest absolute Gasteiger partial charge is 0.416 e. The van der Waals surface area contributed by atoms with E-state index in [9.17, 15) is 18.3 Å². The van der Waals surface area contributed by atoms with Crippen LogP contribution in [0.1, 0.15) is 5.56 Å². The van der Waals surface area contributed by atoms with Gasteiger partial charge in [0, 0.05) is 17.3 Å². The fourth-order valence-electron chi connectivity index (χ4n) is 2.41. The van der Waals surface area contributed by atoms with E-state index in [1.54, 1.807) is 30.3 Å². The maximum absolute atomic E-state index is 12.9. The van der Waals surface area contributed by atoms with Gasteiger partial charge in [0.2, 0.25) is 0 Å². The summed E-state index contributed by atoms with van der Waals surface area (Å²) in [6.07, 6.45) is -2.91. The second-order valence-electron chi connectivity index (χ2n) is 5.29. The Kier molecular flexibility index (Phi) is 3.89. The number of halogens is 3. The van der Waals surface area contributed by atoms with Gasteiger partial charge < -0.3 is 10.8 Å². The number of alkyl halides is 3. The molecule has 1 heterocycles. The molecule has 0 bridgehead atoms. The highest BCUT2D eigenvalue weighted by Gasteiger charge is 2.30. The third-order valence-electron chi connectivity index (χ3n) is 3.60. The molecule has 0 aliphatic carbocycles. The standard InChI is InChI=1S/C18H13F3N2O/c19-18(20,21)14-5-1-4-12(7-14)16-9-13(10-23-17(16)22)11-3-2-6-15(24)8-11/h1-10,24H,(H2,22,23). The molecular formula is C18H13F3N2O. The molecule has 6 heteroatoms. The summed E-state index contributed by atoms with van der Waals surface area (Å²) in [5.41, 5.74) is 7.17. The number of phenolic OH excluding ortho intramolecular Hbond substituents is 1. The van der Waals surface area contributed by atoms with E-state index in [1.165, 1.54) is 18.3 Å². The van der Waals surface area contributed by atoms with Crippen molar-refractivity contribution in [2.75, 3.05) is 5.73 Å². The van der Waals surface area contributed by atoms with Crippen molar-refractivity contribution < 1.29 is 18.3 Å². The van der Waals surface area contributed by atoms with Crippen LogP contribution in [-0.2, 0) is 6.18 Å². The number of hydrogen-bond acceptors (Lipinski definition) is 3. The van der Waals surface area contributed by atoms with Crippen LogP contribution in [0.2, 0.25) is 0 Å². The Bertz CT molecular complexity index is 891. The van der Waals surface area contributed by atoms with Crippen LogP contribution in [0.5, 0.6) is 5.75 Å². The highest BCUT2D eigenvalue weighted by molar-refractivity contribution is 5.79. The number of nitrogens with two attached hydrogens (primary N) is 1. The topological polar surface area (TPSA) is 59.1 Å². The zero-order chi connectivity index (χ0) is 17.3. The lowest BCUT2D eigenvalue weighted by Gasteiger charge is -2.11. The molecular weight excluding hydrogens is 317 g/mol. The van der Waals surface area contributed by atoms with E-state index in [0.717, 1.165) is 12.1 Å².